The van der Waals surface area contributed by atoms with Gasteiger partial charge in [0.25, 0.3) is 5.69 Å². The molecule has 3 aromatic carbocycles. The molecule has 0 saturated carbocycles. The van der Waals surface area contributed by atoms with Gasteiger partial charge in [-0.1, -0.05) is 12.1 Å². The van der Waals surface area contributed by atoms with Crippen LogP contribution < -0.4 is 18.9 Å². The van der Waals surface area contributed by atoms with E-state index >= 15 is 0 Å². The summed E-state index contributed by atoms with van der Waals surface area (Å²) in [7, 11) is 4.41. The van der Waals surface area contributed by atoms with Gasteiger partial charge in [0, 0.05) is 18.2 Å². The number of ether oxygens (including phenoxy) is 4. The van der Waals surface area contributed by atoms with E-state index in [1.54, 1.807) is 36.4 Å². The highest BCUT2D eigenvalue weighted by Crippen LogP contribution is 2.30. The van der Waals surface area contributed by atoms with E-state index in [4.69, 9.17) is 18.9 Å². The molecule has 0 radical (unpaired) electrons. The molecule has 0 aliphatic heterocycles. The molecule has 174 valence electrons. The summed E-state index contributed by atoms with van der Waals surface area (Å²) in [6.45, 7) is 0. The minimum atomic E-state index is -0.696. The van der Waals surface area contributed by atoms with E-state index in [0.717, 1.165) is 0 Å². The van der Waals surface area contributed by atoms with Crippen LogP contribution >= 0.6 is 0 Å². The minimum absolute atomic E-state index is 0.132. The van der Waals surface area contributed by atoms with Gasteiger partial charge in [0.2, 0.25) is 0 Å². The van der Waals surface area contributed by atoms with Gasteiger partial charge in [0.1, 0.15) is 11.5 Å². The quantitative estimate of drug-likeness (QED) is 0.112. The molecule has 0 aliphatic carbocycles. The van der Waals surface area contributed by atoms with Gasteiger partial charge in [-0.2, -0.15) is 0 Å². The van der Waals surface area contributed by atoms with Gasteiger partial charge in [-0.05, 0) is 48.0 Å². The molecule has 9 nitrogen and oxygen atoms in total. The van der Waals surface area contributed by atoms with E-state index in [9.17, 15) is 19.7 Å². The molecule has 0 amide bonds. The zero-order valence-electron chi connectivity index (χ0n) is 18.6. The predicted molar refractivity (Wildman–Crippen MR) is 124 cm³/mol. The number of esters is 1. The SMILES string of the molecule is COc1ccc(C(=O)C=Cc2ccc(OC(=O)c3ccc([N+](=O)[O-])cc3)c(OC)c2)c(OC)c1. The molecule has 9 heteroatoms. The van der Waals surface area contributed by atoms with Crippen molar-refractivity contribution in [2.24, 2.45) is 0 Å². The molecule has 0 unspecified atom stereocenters. The number of allylic oxidation sites excluding steroid dienone is 1. The van der Waals surface area contributed by atoms with Crippen molar-refractivity contribution >= 4 is 23.5 Å². The molecule has 3 aromatic rings. The molecule has 0 atom stereocenters. The van der Waals surface area contributed by atoms with Crippen LogP contribution in [0.1, 0.15) is 26.3 Å². The Balaban J connectivity index is 1.75. The Kier molecular flexibility index (Phi) is 7.60. The number of ketones is 1. The average molecular weight is 463 g/mol. The van der Waals surface area contributed by atoms with Gasteiger partial charge < -0.3 is 18.9 Å². The Morgan fingerprint density at radius 3 is 2.15 bits per heavy atom. The topological polar surface area (TPSA) is 114 Å². The second kappa shape index (κ2) is 10.8. The third-order valence-electron chi connectivity index (χ3n) is 4.81. The van der Waals surface area contributed by atoms with Gasteiger partial charge in [-0.25, -0.2) is 4.79 Å². The lowest BCUT2D eigenvalue weighted by atomic mass is 10.1. The first-order valence-electron chi connectivity index (χ1n) is 9.95. The lowest BCUT2D eigenvalue weighted by Crippen LogP contribution is -2.09. The Hall–Kier alpha value is -4.66. The van der Waals surface area contributed by atoms with Gasteiger partial charge in [0.15, 0.2) is 17.3 Å². The van der Waals surface area contributed by atoms with E-state index in [1.165, 1.54) is 57.7 Å². The average Bonchev–Trinajstić information content (AvgIpc) is 2.87. The summed E-state index contributed by atoms with van der Waals surface area (Å²) in [5, 5.41) is 10.8. The Labute approximate surface area is 195 Å². The summed E-state index contributed by atoms with van der Waals surface area (Å²) in [4.78, 5) is 35.2. The zero-order valence-corrected chi connectivity index (χ0v) is 18.6. The number of carbonyl (C=O) groups is 2. The normalized spacial score (nSPS) is 10.6. The number of non-ortho nitro benzene ring substituents is 1. The molecule has 34 heavy (non-hydrogen) atoms. The van der Waals surface area contributed by atoms with E-state index in [0.29, 0.717) is 22.6 Å². The second-order valence-corrected chi connectivity index (χ2v) is 6.87. The number of carbonyl (C=O) groups excluding carboxylic acids is 2. The van der Waals surface area contributed by atoms with Crippen LogP contribution in [0, 0.1) is 10.1 Å². The standard InChI is InChI=1S/C25H21NO8/c1-31-19-10-11-20(23(15-19)32-2)21(27)12-4-16-5-13-22(24(14-16)33-3)34-25(28)17-6-8-18(9-7-17)26(29)30/h4-15H,1-3H3. The number of hydrogen-bond donors (Lipinski definition) is 0. The number of nitro benzene ring substituents is 1. The van der Waals surface area contributed by atoms with Crippen molar-refractivity contribution in [1.29, 1.82) is 0 Å². The van der Waals surface area contributed by atoms with E-state index in [-0.39, 0.29) is 28.5 Å². The van der Waals surface area contributed by atoms with E-state index in [1.807, 2.05) is 0 Å². The maximum Gasteiger partial charge on any atom is 0.343 e. The fourth-order valence-electron chi connectivity index (χ4n) is 3.01. The molecular weight excluding hydrogens is 442 g/mol. The van der Waals surface area contributed by atoms with Crippen LogP contribution in [0.5, 0.6) is 23.0 Å². The number of benzene rings is 3. The number of nitrogens with zero attached hydrogens (tertiary/aromatic N) is 1. The molecule has 0 saturated heterocycles. The summed E-state index contributed by atoms with van der Waals surface area (Å²) in [6, 6.07) is 14.7. The molecule has 0 N–H and O–H groups in total. The minimum Gasteiger partial charge on any atom is -0.497 e. The fraction of sp³-hybridized carbons (Fsp3) is 0.120. The number of rotatable bonds is 9. The van der Waals surface area contributed by atoms with Crippen molar-refractivity contribution in [2.75, 3.05) is 21.3 Å². The van der Waals surface area contributed by atoms with Crippen molar-refractivity contribution in [1.82, 2.24) is 0 Å². The Morgan fingerprint density at radius 1 is 0.824 bits per heavy atom. The molecule has 3 rings (SSSR count). The highest BCUT2D eigenvalue weighted by Gasteiger charge is 2.15. The molecular formula is C25H21NO8. The number of methoxy groups -OCH3 is 3. The van der Waals surface area contributed by atoms with Gasteiger partial charge in [0.05, 0.1) is 37.4 Å². The highest BCUT2D eigenvalue weighted by molar-refractivity contribution is 6.08. The molecule has 0 fully saturated rings. The van der Waals surface area contributed by atoms with Gasteiger partial charge >= 0.3 is 5.97 Å². The van der Waals surface area contributed by atoms with E-state index < -0.39 is 10.9 Å². The molecule has 0 spiro atoms. The van der Waals surface area contributed by atoms with Crippen molar-refractivity contribution in [3.05, 3.63) is 93.5 Å². The third-order valence-corrected chi connectivity index (χ3v) is 4.81. The van der Waals surface area contributed by atoms with Crippen molar-refractivity contribution in [2.45, 2.75) is 0 Å². The lowest BCUT2D eigenvalue weighted by Gasteiger charge is -2.10. The first-order chi connectivity index (χ1) is 16.4. The summed E-state index contributed by atoms with van der Waals surface area (Å²) >= 11 is 0. The smallest absolute Gasteiger partial charge is 0.343 e. The number of nitro groups is 1. The third kappa shape index (κ3) is 5.57. The molecule has 0 heterocycles. The first-order valence-corrected chi connectivity index (χ1v) is 9.95. The summed E-state index contributed by atoms with van der Waals surface area (Å²) in [5.74, 6) is 0.421. The molecule has 0 aromatic heterocycles. The summed E-state index contributed by atoms with van der Waals surface area (Å²) < 4.78 is 21.1. The monoisotopic (exact) mass is 463 g/mol. The highest BCUT2D eigenvalue weighted by atomic mass is 16.6. The largest absolute Gasteiger partial charge is 0.497 e. The van der Waals surface area contributed by atoms with Crippen LogP contribution in [0.25, 0.3) is 6.08 Å². The predicted octanol–water partition coefficient (Wildman–Crippen LogP) is 4.74. The van der Waals surface area contributed by atoms with Crippen LogP contribution in [-0.4, -0.2) is 38.0 Å². The van der Waals surface area contributed by atoms with Gasteiger partial charge in [-0.15, -0.1) is 0 Å². The second-order valence-electron chi connectivity index (χ2n) is 6.87. The van der Waals surface area contributed by atoms with Crippen molar-refractivity contribution in [3.63, 3.8) is 0 Å². The van der Waals surface area contributed by atoms with E-state index in [2.05, 4.69) is 0 Å². The van der Waals surface area contributed by atoms with Crippen LogP contribution in [0.15, 0.2) is 66.7 Å². The lowest BCUT2D eigenvalue weighted by molar-refractivity contribution is -0.384. The van der Waals surface area contributed by atoms with Crippen LogP contribution in [0.2, 0.25) is 0 Å². The Morgan fingerprint density at radius 2 is 1.53 bits per heavy atom. The zero-order chi connectivity index (χ0) is 24.7. The van der Waals surface area contributed by atoms with Gasteiger partial charge in [-0.3, -0.25) is 14.9 Å². The molecule has 0 bridgehead atoms. The maximum absolute atomic E-state index is 12.6. The Bertz CT molecular complexity index is 1250. The van der Waals surface area contributed by atoms with Crippen LogP contribution in [0.4, 0.5) is 5.69 Å². The first kappa shape index (κ1) is 24.0. The van der Waals surface area contributed by atoms with Crippen molar-refractivity contribution in [3.8, 4) is 23.0 Å². The van der Waals surface area contributed by atoms with Crippen molar-refractivity contribution < 1.29 is 33.5 Å². The summed E-state index contributed by atoms with van der Waals surface area (Å²) in [6.07, 6.45) is 2.98. The van der Waals surface area contributed by atoms with Crippen LogP contribution in [-0.2, 0) is 0 Å². The number of hydrogen-bond acceptors (Lipinski definition) is 8. The van der Waals surface area contributed by atoms with Crippen LogP contribution in [0.3, 0.4) is 0 Å². The molecule has 0 aliphatic rings. The summed E-state index contributed by atoms with van der Waals surface area (Å²) in [5.41, 5.74) is 1.02. The fourth-order valence-corrected chi connectivity index (χ4v) is 3.01. The maximum atomic E-state index is 12.6.